The van der Waals surface area contributed by atoms with E-state index in [0.717, 1.165) is 25.5 Å². The fourth-order valence-electron chi connectivity index (χ4n) is 1.94. The van der Waals surface area contributed by atoms with E-state index >= 15 is 0 Å². The van der Waals surface area contributed by atoms with Crippen LogP contribution in [0, 0.1) is 5.92 Å². The Labute approximate surface area is 118 Å². The molecule has 1 fully saturated rings. The van der Waals surface area contributed by atoms with Crippen LogP contribution in [0.3, 0.4) is 0 Å². The van der Waals surface area contributed by atoms with Gasteiger partial charge in [0.05, 0.1) is 5.56 Å². The minimum atomic E-state index is -3.63. The molecule has 0 amide bonds. The average Bonchev–Trinajstić information content (AvgIpc) is 3.22. The van der Waals surface area contributed by atoms with E-state index in [1.165, 1.54) is 16.4 Å². The topological polar surface area (TPSA) is 87.6 Å². The van der Waals surface area contributed by atoms with Crippen molar-refractivity contribution in [2.24, 2.45) is 5.92 Å². The number of carboxylic acids is 1. The van der Waals surface area contributed by atoms with E-state index < -0.39 is 16.0 Å². The Morgan fingerprint density at radius 3 is 2.60 bits per heavy atom. The average molecular weight is 298 g/mol. The highest BCUT2D eigenvalue weighted by molar-refractivity contribution is 7.89. The summed E-state index contributed by atoms with van der Waals surface area (Å²) in [5.74, 6) is -0.667. The highest BCUT2D eigenvalue weighted by Gasteiger charge is 2.31. The number of pyridine rings is 1. The molecule has 1 aliphatic carbocycles. The molecule has 0 bridgehead atoms. The zero-order valence-electron chi connectivity index (χ0n) is 11.3. The summed E-state index contributed by atoms with van der Waals surface area (Å²) in [6.07, 6.45) is 3.96. The first-order chi connectivity index (χ1) is 9.45. The van der Waals surface area contributed by atoms with Crippen LogP contribution >= 0.6 is 0 Å². The Kier molecular flexibility index (Phi) is 4.39. The molecule has 0 aliphatic heterocycles. The van der Waals surface area contributed by atoms with Gasteiger partial charge in [-0.1, -0.05) is 6.92 Å². The predicted molar refractivity (Wildman–Crippen MR) is 73.0 cm³/mol. The lowest BCUT2D eigenvalue weighted by Gasteiger charge is -2.20. The first kappa shape index (κ1) is 14.9. The van der Waals surface area contributed by atoms with Crippen molar-refractivity contribution in [2.75, 3.05) is 13.1 Å². The number of carboxylic acid groups (broad SMARTS) is 1. The molecular weight excluding hydrogens is 280 g/mol. The van der Waals surface area contributed by atoms with E-state index in [1.807, 2.05) is 6.92 Å². The highest BCUT2D eigenvalue weighted by atomic mass is 32.2. The number of hydrogen-bond acceptors (Lipinski definition) is 4. The van der Waals surface area contributed by atoms with Crippen molar-refractivity contribution < 1.29 is 18.3 Å². The molecule has 1 aliphatic rings. The number of hydrogen-bond donors (Lipinski definition) is 1. The number of nitrogens with zero attached hydrogens (tertiary/aromatic N) is 2. The summed E-state index contributed by atoms with van der Waals surface area (Å²) < 4.78 is 26.4. The molecule has 2 rings (SSSR count). The molecule has 1 aromatic heterocycles. The molecule has 1 aromatic rings. The van der Waals surface area contributed by atoms with Gasteiger partial charge in [-0.25, -0.2) is 18.2 Å². The second-order valence-corrected chi connectivity index (χ2v) is 6.88. The van der Waals surface area contributed by atoms with Gasteiger partial charge in [0, 0.05) is 19.3 Å². The van der Waals surface area contributed by atoms with Crippen molar-refractivity contribution >= 4 is 16.0 Å². The number of carbonyl (C=O) groups is 1. The molecule has 0 atom stereocenters. The molecule has 6 nitrogen and oxygen atoms in total. The second-order valence-electron chi connectivity index (χ2n) is 5.00. The quantitative estimate of drug-likeness (QED) is 0.826. The zero-order valence-corrected chi connectivity index (χ0v) is 12.1. The largest absolute Gasteiger partial charge is 0.478 e. The Hall–Kier alpha value is -1.47. The van der Waals surface area contributed by atoms with Gasteiger partial charge in [0.25, 0.3) is 10.0 Å². The third-order valence-electron chi connectivity index (χ3n) is 3.22. The monoisotopic (exact) mass is 298 g/mol. The summed E-state index contributed by atoms with van der Waals surface area (Å²) in [4.78, 5) is 14.5. The van der Waals surface area contributed by atoms with Crippen molar-refractivity contribution in [1.29, 1.82) is 0 Å². The molecule has 0 aromatic carbocycles. The Morgan fingerprint density at radius 2 is 2.15 bits per heavy atom. The van der Waals surface area contributed by atoms with Gasteiger partial charge in [-0.2, -0.15) is 4.31 Å². The van der Waals surface area contributed by atoms with Crippen molar-refractivity contribution in [3.05, 3.63) is 23.9 Å². The van der Waals surface area contributed by atoms with Gasteiger partial charge >= 0.3 is 5.97 Å². The first-order valence-electron chi connectivity index (χ1n) is 6.64. The molecule has 7 heteroatoms. The van der Waals surface area contributed by atoms with Crippen LogP contribution in [0.5, 0.6) is 0 Å². The van der Waals surface area contributed by atoms with Crippen LogP contribution in [0.25, 0.3) is 0 Å². The van der Waals surface area contributed by atoms with Crippen LogP contribution in [0.2, 0.25) is 0 Å². The molecular formula is C13H18N2O4S. The number of rotatable bonds is 7. The lowest BCUT2D eigenvalue weighted by Crippen LogP contribution is -2.34. The molecule has 110 valence electrons. The van der Waals surface area contributed by atoms with Gasteiger partial charge in [0.1, 0.15) is 0 Å². The smallest absolute Gasteiger partial charge is 0.337 e. The highest BCUT2D eigenvalue weighted by Crippen LogP contribution is 2.31. The van der Waals surface area contributed by atoms with Gasteiger partial charge in [-0.15, -0.1) is 0 Å². The molecule has 0 saturated heterocycles. The first-order valence-corrected chi connectivity index (χ1v) is 8.08. The van der Waals surface area contributed by atoms with E-state index in [-0.39, 0.29) is 10.6 Å². The molecule has 0 radical (unpaired) electrons. The van der Waals surface area contributed by atoms with Gasteiger partial charge in [0.15, 0.2) is 5.03 Å². The maximum atomic E-state index is 12.5. The summed E-state index contributed by atoms with van der Waals surface area (Å²) in [6.45, 7) is 2.91. The number of aromatic carboxylic acids is 1. The van der Waals surface area contributed by atoms with E-state index in [1.54, 1.807) is 0 Å². The molecule has 1 saturated carbocycles. The van der Waals surface area contributed by atoms with Crippen LogP contribution in [-0.2, 0) is 10.0 Å². The SMILES string of the molecule is CCCN(CC1CC1)S(=O)(=O)c1ccc(C(=O)O)cn1. The van der Waals surface area contributed by atoms with Crippen molar-refractivity contribution in [1.82, 2.24) is 9.29 Å². The predicted octanol–water partition coefficient (Wildman–Crippen LogP) is 1.59. The van der Waals surface area contributed by atoms with E-state index in [9.17, 15) is 13.2 Å². The maximum absolute atomic E-state index is 12.5. The van der Waals surface area contributed by atoms with Crippen LogP contribution in [0.1, 0.15) is 36.5 Å². The van der Waals surface area contributed by atoms with Crippen molar-refractivity contribution in [3.63, 3.8) is 0 Å². The normalized spacial score (nSPS) is 15.5. The molecule has 1 N–H and O–H groups in total. The lowest BCUT2D eigenvalue weighted by atomic mass is 10.3. The van der Waals surface area contributed by atoms with E-state index in [4.69, 9.17) is 5.11 Å². The lowest BCUT2D eigenvalue weighted by molar-refractivity contribution is 0.0696. The molecule has 0 spiro atoms. The molecule has 1 heterocycles. The fraction of sp³-hybridized carbons (Fsp3) is 0.538. The number of sulfonamides is 1. The van der Waals surface area contributed by atoms with E-state index in [2.05, 4.69) is 4.98 Å². The Morgan fingerprint density at radius 1 is 1.45 bits per heavy atom. The van der Waals surface area contributed by atoms with Crippen LogP contribution < -0.4 is 0 Å². The number of aromatic nitrogens is 1. The fourth-order valence-corrected chi connectivity index (χ4v) is 3.46. The van der Waals surface area contributed by atoms with Crippen LogP contribution in [0.15, 0.2) is 23.4 Å². The zero-order chi connectivity index (χ0) is 14.8. The van der Waals surface area contributed by atoms with E-state index in [0.29, 0.717) is 19.0 Å². The summed E-state index contributed by atoms with van der Waals surface area (Å²) in [7, 11) is -3.63. The summed E-state index contributed by atoms with van der Waals surface area (Å²) >= 11 is 0. The molecule has 20 heavy (non-hydrogen) atoms. The Bertz CT molecular complexity index is 579. The summed E-state index contributed by atoms with van der Waals surface area (Å²) in [6, 6.07) is 2.53. The van der Waals surface area contributed by atoms with Crippen molar-refractivity contribution in [2.45, 2.75) is 31.2 Å². The van der Waals surface area contributed by atoms with Crippen LogP contribution in [-0.4, -0.2) is 41.9 Å². The van der Waals surface area contributed by atoms with Gasteiger partial charge in [-0.05, 0) is 37.3 Å². The standard InChI is InChI=1S/C13H18N2O4S/c1-2-7-15(9-10-3-4-10)20(18,19)12-6-5-11(8-14-12)13(16)17/h5-6,8,10H,2-4,7,9H2,1H3,(H,16,17). The second kappa shape index (κ2) is 5.88. The molecule has 0 unspecified atom stereocenters. The van der Waals surface area contributed by atoms with Gasteiger partial charge in [-0.3, -0.25) is 0 Å². The summed E-state index contributed by atoms with van der Waals surface area (Å²) in [5.41, 5.74) is -0.0202. The minimum Gasteiger partial charge on any atom is -0.478 e. The van der Waals surface area contributed by atoms with Gasteiger partial charge < -0.3 is 5.11 Å². The van der Waals surface area contributed by atoms with Crippen molar-refractivity contribution in [3.8, 4) is 0 Å². The van der Waals surface area contributed by atoms with Crippen LogP contribution in [0.4, 0.5) is 0 Å². The Balaban J connectivity index is 2.23. The summed E-state index contributed by atoms with van der Waals surface area (Å²) in [5, 5.41) is 8.71. The minimum absolute atomic E-state index is 0.0202. The maximum Gasteiger partial charge on any atom is 0.337 e. The van der Waals surface area contributed by atoms with Gasteiger partial charge in [0.2, 0.25) is 0 Å². The third kappa shape index (κ3) is 3.34. The third-order valence-corrected chi connectivity index (χ3v) is 5.00.